The van der Waals surface area contributed by atoms with Gasteiger partial charge in [-0.1, -0.05) is 36.8 Å². The molecule has 2 rings (SSSR count). The molecule has 2 heteroatoms. The molecule has 1 aromatic carbocycles. The number of rotatable bonds is 2. The van der Waals surface area contributed by atoms with Crippen molar-refractivity contribution in [2.24, 2.45) is 0 Å². The number of nitrogens with zero attached hydrogens (tertiary/aromatic N) is 1. The third-order valence-corrected chi connectivity index (χ3v) is 2.95. The average molecular weight is 193 g/mol. The predicted octanol–water partition coefficient (Wildman–Crippen LogP) is 3.14. The molecule has 1 saturated heterocycles. The smallest absolute Gasteiger partial charge is 0.143 e. The minimum absolute atomic E-state index is 0.301. The summed E-state index contributed by atoms with van der Waals surface area (Å²) in [5.41, 5.74) is 1.25. The molecule has 1 nitrogen and oxygen atoms in total. The molecule has 0 radical (unpaired) electrons. The maximum Gasteiger partial charge on any atom is 0.143 e. The Labute approximate surface area is 84.5 Å². The lowest BCUT2D eigenvalue weighted by molar-refractivity contribution is 0.0943. The highest BCUT2D eigenvalue weighted by atomic mass is 19.1. The first-order chi connectivity index (χ1) is 6.92. The predicted molar refractivity (Wildman–Crippen MR) is 55.7 cm³/mol. The van der Waals surface area contributed by atoms with Crippen LogP contribution in [0.15, 0.2) is 30.3 Å². The Balaban J connectivity index is 2.15. The van der Waals surface area contributed by atoms with Crippen molar-refractivity contribution in [3.05, 3.63) is 35.9 Å². The van der Waals surface area contributed by atoms with Crippen LogP contribution in [0.25, 0.3) is 0 Å². The molecule has 0 aromatic heterocycles. The van der Waals surface area contributed by atoms with E-state index in [0.717, 1.165) is 19.4 Å². The van der Waals surface area contributed by atoms with E-state index in [1.165, 1.54) is 12.0 Å². The molecule has 0 amide bonds. The van der Waals surface area contributed by atoms with Gasteiger partial charge in [0.25, 0.3) is 0 Å². The van der Waals surface area contributed by atoms with Crippen molar-refractivity contribution in [3.63, 3.8) is 0 Å². The molecule has 1 fully saturated rings. The van der Waals surface area contributed by atoms with Crippen molar-refractivity contribution in [3.8, 4) is 0 Å². The fourth-order valence-electron chi connectivity index (χ4n) is 2.19. The highest BCUT2D eigenvalue weighted by Crippen LogP contribution is 2.30. The maximum atomic E-state index is 12.7. The van der Waals surface area contributed by atoms with Crippen molar-refractivity contribution in [2.45, 2.75) is 25.3 Å². The molecule has 0 N–H and O–H groups in total. The van der Waals surface area contributed by atoms with Crippen molar-refractivity contribution in [1.29, 1.82) is 0 Å². The van der Waals surface area contributed by atoms with Crippen molar-refractivity contribution in [1.82, 2.24) is 4.90 Å². The summed E-state index contributed by atoms with van der Waals surface area (Å²) >= 11 is 0. The summed E-state index contributed by atoms with van der Waals surface area (Å²) in [4.78, 5) is 1.93. The lowest BCUT2D eigenvalue weighted by Gasteiger charge is -2.33. The molecule has 1 unspecified atom stereocenters. The molecule has 0 spiro atoms. The van der Waals surface area contributed by atoms with Gasteiger partial charge in [-0.05, 0) is 18.4 Å². The SMILES string of the molecule is FCN1CCCCC1c1ccccc1. The summed E-state index contributed by atoms with van der Waals surface area (Å²) in [7, 11) is 0. The molecule has 1 heterocycles. The van der Waals surface area contributed by atoms with Crippen LogP contribution in [0.2, 0.25) is 0 Å². The Hall–Kier alpha value is -0.890. The third-order valence-electron chi connectivity index (χ3n) is 2.95. The monoisotopic (exact) mass is 193 g/mol. The Morgan fingerprint density at radius 3 is 2.71 bits per heavy atom. The lowest BCUT2D eigenvalue weighted by Crippen LogP contribution is -2.32. The van der Waals surface area contributed by atoms with Gasteiger partial charge in [-0.25, -0.2) is 4.39 Å². The Bertz CT molecular complexity index is 273. The number of likely N-dealkylation sites (tertiary alicyclic amines) is 1. The van der Waals surface area contributed by atoms with Crippen LogP contribution in [0.3, 0.4) is 0 Å². The van der Waals surface area contributed by atoms with Gasteiger partial charge in [0, 0.05) is 12.6 Å². The Kier molecular flexibility index (Phi) is 3.14. The van der Waals surface area contributed by atoms with Gasteiger partial charge >= 0.3 is 0 Å². The average Bonchev–Trinajstić information content (AvgIpc) is 2.30. The number of hydrogen-bond donors (Lipinski definition) is 0. The van der Waals surface area contributed by atoms with E-state index in [0.29, 0.717) is 6.04 Å². The van der Waals surface area contributed by atoms with E-state index in [2.05, 4.69) is 12.1 Å². The van der Waals surface area contributed by atoms with Gasteiger partial charge in [-0.2, -0.15) is 0 Å². The zero-order valence-electron chi connectivity index (χ0n) is 8.32. The highest BCUT2D eigenvalue weighted by Gasteiger charge is 2.22. The van der Waals surface area contributed by atoms with E-state index in [-0.39, 0.29) is 6.80 Å². The van der Waals surface area contributed by atoms with E-state index < -0.39 is 0 Å². The number of hydrogen-bond acceptors (Lipinski definition) is 1. The van der Waals surface area contributed by atoms with Crippen LogP contribution in [-0.2, 0) is 0 Å². The fourth-order valence-corrected chi connectivity index (χ4v) is 2.19. The lowest BCUT2D eigenvalue weighted by atomic mass is 9.96. The Morgan fingerprint density at radius 2 is 2.00 bits per heavy atom. The van der Waals surface area contributed by atoms with E-state index in [4.69, 9.17) is 0 Å². The normalized spacial score (nSPS) is 23.6. The van der Waals surface area contributed by atoms with Crippen LogP contribution >= 0.6 is 0 Å². The minimum Gasteiger partial charge on any atom is -0.269 e. The van der Waals surface area contributed by atoms with Crippen LogP contribution in [-0.4, -0.2) is 18.2 Å². The summed E-state index contributed by atoms with van der Waals surface area (Å²) < 4.78 is 12.7. The fraction of sp³-hybridized carbons (Fsp3) is 0.500. The summed E-state index contributed by atoms with van der Waals surface area (Å²) in [6.45, 7) is 0.579. The second-order valence-electron chi connectivity index (χ2n) is 3.85. The zero-order valence-corrected chi connectivity index (χ0v) is 8.32. The van der Waals surface area contributed by atoms with Gasteiger partial charge < -0.3 is 0 Å². The molecule has 0 bridgehead atoms. The maximum absolute atomic E-state index is 12.7. The number of benzene rings is 1. The van der Waals surface area contributed by atoms with Gasteiger partial charge in [0.15, 0.2) is 0 Å². The van der Waals surface area contributed by atoms with Gasteiger partial charge in [0.2, 0.25) is 0 Å². The summed E-state index contributed by atoms with van der Waals surface area (Å²) in [5.74, 6) is 0. The topological polar surface area (TPSA) is 3.24 Å². The van der Waals surface area contributed by atoms with Crippen LogP contribution in [0.5, 0.6) is 0 Å². The summed E-state index contributed by atoms with van der Waals surface area (Å²) in [6.07, 6.45) is 3.44. The second-order valence-corrected chi connectivity index (χ2v) is 3.85. The minimum atomic E-state index is -0.320. The number of piperidine rings is 1. The van der Waals surface area contributed by atoms with Crippen molar-refractivity contribution >= 4 is 0 Å². The van der Waals surface area contributed by atoms with E-state index >= 15 is 0 Å². The van der Waals surface area contributed by atoms with Crippen LogP contribution < -0.4 is 0 Å². The second kappa shape index (κ2) is 4.56. The standard InChI is InChI=1S/C12H16FN/c13-10-14-9-5-4-8-12(14)11-6-2-1-3-7-11/h1-3,6-7,12H,4-5,8-10H2. The molecule has 1 aliphatic heterocycles. The van der Waals surface area contributed by atoms with Gasteiger partial charge in [-0.3, -0.25) is 4.90 Å². The molecular formula is C12H16FN. The first kappa shape index (κ1) is 9.66. The third kappa shape index (κ3) is 1.95. The van der Waals surface area contributed by atoms with Gasteiger partial charge in [0.05, 0.1) is 0 Å². The number of alkyl halides is 1. The summed E-state index contributed by atoms with van der Waals surface area (Å²) in [5, 5.41) is 0. The zero-order chi connectivity index (χ0) is 9.80. The van der Waals surface area contributed by atoms with E-state index in [1.807, 2.05) is 23.1 Å². The first-order valence-electron chi connectivity index (χ1n) is 5.27. The quantitative estimate of drug-likeness (QED) is 0.652. The molecular weight excluding hydrogens is 177 g/mol. The van der Waals surface area contributed by atoms with Crippen LogP contribution in [0, 0.1) is 0 Å². The molecule has 1 atom stereocenters. The molecule has 0 saturated carbocycles. The summed E-state index contributed by atoms with van der Waals surface area (Å²) in [6, 6.07) is 10.6. The first-order valence-corrected chi connectivity index (χ1v) is 5.27. The molecule has 76 valence electrons. The Morgan fingerprint density at radius 1 is 1.21 bits per heavy atom. The molecule has 1 aliphatic rings. The molecule has 0 aliphatic carbocycles. The van der Waals surface area contributed by atoms with E-state index in [1.54, 1.807) is 0 Å². The molecule has 1 aromatic rings. The van der Waals surface area contributed by atoms with Crippen molar-refractivity contribution in [2.75, 3.05) is 13.3 Å². The van der Waals surface area contributed by atoms with E-state index in [9.17, 15) is 4.39 Å². The van der Waals surface area contributed by atoms with Crippen molar-refractivity contribution < 1.29 is 4.39 Å². The van der Waals surface area contributed by atoms with Gasteiger partial charge in [-0.15, -0.1) is 0 Å². The van der Waals surface area contributed by atoms with Gasteiger partial charge in [0.1, 0.15) is 6.80 Å². The largest absolute Gasteiger partial charge is 0.269 e. The molecule has 14 heavy (non-hydrogen) atoms. The van der Waals surface area contributed by atoms with Crippen LogP contribution in [0.4, 0.5) is 4.39 Å². The van der Waals surface area contributed by atoms with Crippen LogP contribution in [0.1, 0.15) is 30.9 Å². The number of halogens is 1. The highest BCUT2D eigenvalue weighted by molar-refractivity contribution is 5.19.